The molecule has 2 heterocycles. The number of ketones is 1. The van der Waals surface area contributed by atoms with Gasteiger partial charge in [-0.1, -0.05) is 23.7 Å². The summed E-state index contributed by atoms with van der Waals surface area (Å²) in [6.45, 7) is 4.71. The third kappa shape index (κ3) is 3.70. The number of hydrogen-bond donors (Lipinski definition) is 0. The van der Waals surface area contributed by atoms with Gasteiger partial charge in [0.05, 0.1) is 0 Å². The van der Waals surface area contributed by atoms with Crippen molar-refractivity contribution < 1.29 is 23.4 Å². The van der Waals surface area contributed by atoms with Gasteiger partial charge in [0, 0.05) is 18.2 Å². The number of hydrogen-bond acceptors (Lipinski definition) is 5. The van der Waals surface area contributed by atoms with E-state index < -0.39 is 12.4 Å². The Balaban J connectivity index is 1.67. The molecule has 0 radical (unpaired) electrons. The van der Waals surface area contributed by atoms with Gasteiger partial charge in [0.15, 0.2) is 17.6 Å². The molecule has 6 heteroatoms. The summed E-state index contributed by atoms with van der Waals surface area (Å²) in [4.78, 5) is 12.5. The normalized spacial score (nSPS) is 19.7. The largest absolute Gasteiger partial charge is 0.452 e. The van der Waals surface area contributed by atoms with E-state index in [1.54, 1.807) is 24.3 Å². The molecule has 1 aromatic carbocycles. The number of epoxide rings is 1. The summed E-state index contributed by atoms with van der Waals surface area (Å²) < 4.78 is 22.1. The summed E-state index contributed by atoms with van der Waals surface area (Å²) in [5.74, 6) is 0.537. The van der Waals surface area contributed by atoms with Crippen LogP contribution in [0.2, 0.25) is 5.02 Å². The first kappa shape index (κ1) is 17.2. The summed E-state index contributed by atoms with van der Waals surface area (Å²) in [5.41, 5.74) is 0.922. The number of halogens is 1. The molecule has 5 nitrogen and oxygen atoms in total. The minimum absolute atomic E-state index is 0.187. The van der Waals surface area contributed by atoms with Crippen molar-refractivity contribution in [3.63, 3.8) is 0 Å². The van der Waals surface area contributed by atoms with E-state index >= 15 is 0 Å². The zero-order valence-corrected chi connectivity index (χ0v) is 14.3. The Hall–Kier alpha value is -1.66. The molecule has 2 unspecified atom stereocenters. The summed E-state index contributed by atoms with van der Waals surface area (Å²) in [7, 11) is 0. The molecule has 1 saturated heterocycles. The first-order valence-corrected chi connectivity index (χ1v) is 8.30. The van der Waals surface area contributed by atoms with Crippen molar-refractivity contribution in [2.45, 2.75) is 32.3 Å². The molecule has 3 rings (SSSR count). The number of ether oxygens (including phenoxy) is 3. The van der Waals surface area contributed by atoms with Gasteiger partial charge in [-0.15, -0.1) is 0 Å². The lowest BCUT2D eigenvalue weighted by molar-refractivity contribution is -0.150. The van der Waals surface area contributed by atoms with E-state index in [0.29, 0.717) is 24.0 Å². The van der Waals surface area contributed by atoms with Gasteiger partial charge in [-0.05, 0) is 43.7 Å². The molecule has 1 fully saturated rings. The predicted octanol–water partition coefficient (Wildman–Crippen LogP) is 4.33. The van der Waals surface area contributed by atoms with Crippen LogP contribution < -0.4 is 0 Å². The minimum atomic E-state index is -0.603. The summed E-state index contributed by atoms with van der Waals surface area (Å²) in [6, 6.07) is 10.6. The second-order valence-electron chi connectivity index (χ2n) is 5.34. The molecule has 1 aliphatic heterocycles. The van der Waals surface area contributed by atoms with Gasteiger partial charge in [-0.2, -0.15) is 0 Å². The lowest BCUT2D eigenvalue weighted by Gasteiger charge is -2.13. The fourth-order valence-corrected chi connectivity index (χ4v) is 2.61. The van der Waals surface area contributed by atoms with E-state index in [0.717, 1.165) is 5.56 Å². The number of rotatable bonds is 8. The highest BCUT2D eigenvalue weighted by Gasteiger charge is 2.47. The van der Waals surface area contributed by atoms with Crippen LogP contribution in [0.4, 0.5) is 0 Å². The SMILES string of the molecule is CCOC(OCC)c1ccc(C(=O)C2OC2c2ccc(Cl)cc2)o1. The maximum atomic E-state index is 12.5. The van der Waals surface area contributed by atoms with Crippen molar-refractivity contribution in [1.82, 2.24) is 0 Å². The monoisotopic (exact) mass is 350 g/mol. The van der Waals surface area contributed by atoms with Crippen molar-refractivity contribution in [3.8, 4) is 0 Å². The Labute approximate surface area is 145 Å². The third-order valence-corrected chi connectivity index (χ3v) is 3.94. The van der Waals surface area contributed by atoms with Crippen molar-refractivity contribution in [2.75, 3.05) is 13.2 Å². The van der Waals surface area contributed by atoms with Crippen LogP contribution in [0.25, 0.3) is 0 Å². The van der Waals surface area contributed by atoms with Crippen LogP contribution in [0.5, 0.6) is 0 Å². The van der Waals surface area contributed by atoms with E-state index in [1.165, 1.54) is 0 Å². The van der Waals surface area contributed by atoms with E-state index in [2.05, 4.69) is 0 Å². The van der Waals surface area contributed by atoms with E-state index in [9.17, 15) is 4.79 Å². The molecule has 128 valence electrons. The zero-order valence-electron chi connectivity index (χ0n) is 13.5. The predicted molar refractivity (Wildman–Crippen MR) is 88.1 cm³/mol. The fraction of sp³-hybridized carbons (Fsp3) is 0.389. The molecular weight excluding hydrogens is 332 g/mol. The number of benzene rings is 1. The molecule has 1 aliphatic rings. The topological polar surface area (TPSA) is 61.2 Å². The molecule has 0 bridgehead atoms. The van der Waals surface area contributed by atoms with Gasteiger partial charge in [-0.25, -0.2) is 0 Å². The highest BCUT2D eigenvalue weighted by atomic mass is 35.5. The number of Topliss-reactive ketones (excluding diaryl/α,β-unsaturated/α-hetero) is 1. The zero-order chi connectivity index (χ0) is 17.1. The van der Waals surface area contributed by atoms with Crippen LogP contribution >= 0.6 is 11.6 Å². The fourth-order valence-electron chi connectivity index (χ4n) is 2.48. The first-order chi connectivity index (χ1) is 11.6. The quantitative estimate of drug-likeness (QED) is 0.403. The van der Waals surface area contributed by atoms with Crippen LogP contribution in [0.1, 0.15) is 48.1 Å². The molecule has 0 spiro atoms. The molecule has 2 aromatic rings. The highest BCUT2D eigenvalue weighted by molar-refractivity contribution is 6.30. The Bertz CT molecular complexity index is 688. The van der Waals surface area contributed by atoms with Gasteiger partial charge >= 0.3 is 0 Å². The molecule has 24 heavy (non-hydrogen) atoms. The van der Waals surface area contributed by atoms with Crippen LogP contribution in [0.3, 0.4) is 0 Å². The van der Waals surface area contributed by atoms with Gasteiger partial charge in [0.2, 0.25) is 12.1 Å². The maximum absolute atomic E-state index is 12.5. The summed E-state index contributed by atoms with van der Waals surface area (Å²) >= 11 is 5.87. The van der Waals surface area contributed by atoms with Crippen molar-refractivity contribution in [1.29, 1.82) is 0 Å². The number of furan rings is 1. The van der Waals surface area contributed by atoms with Gasteiger partial charge < -0.3 is 18.6 Å². The second kappa shape index (κ2) is 7.49. The molecule has 0 amide bonds. The van der Waals surface area contributed by atoms with Gasteiger partial charge in [0.1, 0.15) is 6.10 Å². The van der Waals surface area contributed by atoms with E-state index in [-0.39, 0.29) is 17.6 Å². The van der Waals surface area contributed by atoms with Gasteiger partial charge in [-0.3, -0.25) is 4.79 Å². The smallest absolute Gasteiger partial charge is 0.229 e. The molecule has 1 aromatic heterocycles. The Morgan fingerprint density at radius 1 is 1.12 bits per heavy atom. The Kier molecular flexibility index (Phi) is 5.36. The van der Waals surface area contributed by atoms with Crippen LogP contribution in [0.15, 0.2) is 40.8 Å². The minimum Gasteiger partial charge on any atom is -0.452 e. The van der Waals surface area contributed by atoms with Crippen LogP contribution in [-0.4, -0.2) is 25.1 Å². The van der Waals surface area contributed by atoms with Crippen LogP contribution in [-0.2, 0) is 14.2 Å². The number of carbonyl (C=O) groups is 1. The number of carbonyl (C=O) groups excluding carboxylic acids is 1. The Morgan fingerprint density at radius 3 is 2.42 bits per heavy atom. The Morgan fingerprint density at radius 2 is 1.79 bits per heavy atom. The molecule has 0 saturated carbocycles. The molecular formula is C18H19ClO5. The average Bonchev–Trinajstić information content (AvgIpc) is 3.22. The standard InChI is InChI=1S/C18H19ClO5/c1-3-21-18(22-4-2)14-10-9-13(23-14)15(20)17-16(24-17)11-5-7-12(19)8-6-11/h5-10,16-18H,3-4H2,1-2H3. The summed E-state index contributed by atoms with van der Waals surface area (Å²) in [5, 5.41) is 0.649. The van der Waals surface area contributed by atoms with E-state index in [4.69, 9.17) is 30.2 Å². The summed E-state index contributed by atoms with van der Waals surface area (Å²) in [6.07, 6.45) is -1.38. The van der Waals surface area contributed by atoms with Crippen molar-refractivity contribution >= 4 is 17.4 Å². The van der Waals surface area contributed by atoms with Crippen molar-refractivity contribution in [2.24, 2.45) is 0 Å². The molecule has 0 aliphatic carbocycles. The second-order valence-corrected chi connectivity index (χ2v) is 5.77. The van der Waals surface area contributed by atoms with Crippen LogP contribution in [0, 0.1) is 0 Å². The average molecular weight is 351 g/mol. The third-order valence-electron chi connectivity index (χ3n) is 3.69. The maximum Gasteiger partial charge on any atom is 0.229 e. The lowest BCUT2D eigenvalue weighted by atomic mass is 10.1. The van der Waals surface area contributed by atoms with Gasteiger partial charge in [0.25, 0.3) is 0 Å². The molecule has 2 atom stereocenters. The lowest BCUT2D eigenvalue weighted by Crippen LogP contribution is -2.09. The molecule has 0 N–H and O–H groups in total. The van der Waals surface area contributed by atoms with E-state index in [1.807, 2.05) is 26.0 Å². The first-order valence-electron chi connectivity index (χ1n) is 7.92. The highest BCUT2D eigenvalue weighted by Crippen LogP contribution is 2.41. The van der Waals surface area contributed by atoms with Crippen molar-refractivity contribution in [3.05, 3.63) is 58.5 Å².